The summed E-state index contributed by atoms with van der Waals surface area (Å²) in [6, 6.07) is 0.448. The van der Waals surface area contributed by atoms with E-state index >= 15 is 0 Å². The molecule has 1 aromatic rings. The zero-order valence-corrected chi connectivity index (χ0v) is 9.65. The number of ether oxygens (including phenoxy) is 1. The Balaban J connectivity index is 2.32. The van der Waals surface area contributed by atoms with E-state index in [1.165, 1.54) is 11.1 Å². The van der Waals surface area contributed by atoms with Crippen LogP contribution in [0.5, 0.6) is 0 Å². The molecule has 1 aliphatic rings. The van der Waals surface area contributed by atoms with Crippen LogP contribution >= 0.6 is 11.6 Å². The molecule has 1 aliphatic heterocycles. The van der Waals surface area contributed by atoms with Gasteiger partial charge in [-0.25, -0.2) is 9.37 Å². The molecule has 0 saturated carbocycles. The number of nitrogens with two attached hydrogens (primary N) is 1. The molecule has 92 valence electrons. The van der Waals surface area contributed by atoms with Crippen LogP contribution in [0.25, 0.3) is 0 Å². The molecule has 1 atom stereocenters. The van der Waals surface area contributed by atoms with Crippen molar-refractivity contribution in [2.45, 2.75) is 6.04 Å². The number of pyridine rings is 1. The SMILES string of the molecule is NC(=O)C1COCCN1c1ncc(Cl)cc1F. The smallest absolute Gasteiger partial charge is 0.242 e. The summed E-state index contributed by atoms with van der Waals surface area (Å²) in [6.07, 6.45) is 1.33. The summed E-state index contributed by atoms with van der Waals surface area (Å²) in [7, 11) is 0. The van der Waals surface area contributed by atoms with Gasteiger partial charge in [-0.1, -0.05) is 11.6 Å². The molecule has 5 nitrogen and oxygen atoms in total. The van der Waals surface area contributed by atoms with Gasteiger partial charge in [0.2, 0.25) is 5.91 Å². The quantitative estimate of drug-likeness (QED) is 0.843. The lowest BCUT2D eigenvalue weighted by atomic mass is 10.2. The fourth-order valence-electron chi connectivity index (χ4n) is 1.71. The Morgan fingerprint density at radius 1 is 1.71 bits per heavy atom. The third-order valence-corrected chi connectivity index (χ3v) is 2.72. The second-order valence-electron chi connectivity index (χ2n) is 3.65. The number of morpholine rings is 1. The fraction of sp³-hybridized carbons (Fsp3) is 0.400. The molecule has 0 bridgehead atoms. The molecule has 1 aromatic heterocycles. The van der Waals surface area contributed by atoms with Crippen molar-refractivity contribution in [2.24, 2.45) is 5.73 Å². The summed E-state index contributed by atoms with van der Waals surface area (Å²) in [6.45, 7) is 0.895. The van der Waals surface area contributed by atoms with Crippen molar-refractivity contribution in [1.29, 1.82) is 0 Å². The summed E-state index contributed by atoms with van der Waals surface area (Å²) >= 11 is 5.62. The van der Waals surface area contributed by atoms with E-state index in [1.807, 2.05) is 0 Å². The maximum Gasteiger partial charge on any atom is 0.242 e. The van der Waals surface area contributed by atoms with Crippen molar-refractivity contribution in [3.63, 3.8) is 0 Å². The van der Waals surface area contributed by atoms with Gasteiger partial charge >= 0.3 is 0 Å². The van der Waals surface area contributed by atoms with Gasteiger partial charge in [0.1, 0.15) is 6.04 Å². The van der Waals surface area contributed by atoms with E-state index < -0.39 is 17.8 Å². The van der Waals surface area contributed by atoms with Crippen LogP contribution in [0.15, 0.2) is 12.3 Å². The Morgan fingerprint density at radius 3 is 3.12 bits per heavy atom. The third kappa shape index (κ3) is 2.48. The highest BCUT2D eigenvalue weighted by molar-refractivity contribution is 6.30. The van der Waals surface area contributed by atoms with Gasteiger partial charge in [0.05, 0.1) is 18.2 Å². The van der Waals surface area contributed by atoms with Crippen LogP contribution in [-0.4, -0.2) is 36.7 Å². The van der Waals surface area contributed by atoms with E-state index in [0.717, 1.165) is 6.07 Å². The molecule has 17 heavy (non-hydrogen) atoms. The van der Waals surface area contributed by atoms with Crippen molar-refractivity contribution in [3.05, 3.63) is 23.1 Å². The number of aromatic nitrogens is 1. The first-order valence-electron chi connectivity index (χ1n) is 5.04. The van der Waals surface area contributed by atoms with Crippen LogP contribution in [0.3, 0.4) is 0 Å². The Labute approximate surface area is 102 Å². The predicted molar refractivity (Wildman–Crippen MR) is 60.4 cm³/mol. The molecule has 2 rings (SSSR count). The maximum absolute atomic E-state index is 13.7. The van der Waals surface area contributed by atoms with Gasteiger partial charge in [0.15, 0.2) is 11.6 Å². The third-order valence-electron chi connectivity index (χ3n) is 2.52. The highest BCUT2D eigenvalue weighted by Crippen LogP contribution is 2.22. The lowest BCUT2D eigenvalue weighted by Gasteiger charge is -2.34. The zero-order chi connectivity index (χ0) is 12.4. The van der Waals surface area contributed by atoms with Gasteiger partial charge in [0, 0.05) is 12.7 Å². The Hall–Kier alpha value is -1.40. The molecule has 0 aromatic carbocycles. The number of halogens is 2. The number of anilines is 1. The molecule has 0 radical (unpaired) electrons. The maximum atomic E-state index is 13.7. The number of hydrogen-bond donors (Lipinski definition) is 1. The lowest BCUT2D eigenvalue weighted by Crippen LogP contribution is -2.53. The van der Waals surface area contributed by atoms with E-state index in [0.29, 0.717) is 13.2 Å². The molecule has 2 N–H and O–H groups in total. The zero-order valence-electron chi connectivity index (χ0n) is 8.90. The number of carbonyl (C=O) groups is 1. The summed E-state index contributed by atoms with van der Waals surface area (Å²) in [5.41, 5.74) is 5.24. The van der Waals surface area contributed by atoms with Crippen LogP contribution in [0.1, 0.15) is 0 Å². The van der Waals surface area contributed by atoms with Crippen molar-refractivity contribution in [3.8, 4) is 0 Å². The van der Waals surface area contributed by atoms with Crippen LogP contribution in [0, 0.1) is 5.82 Å². The second kappa shape index (κ2) is 4.85. The summed E-state index contributed by atoms with van der Waals surface area (Å²) < 4.78 is 18.8. The van der Waals surface area contributed by atoms with E-state index in [-0.39, 0.29) is 17.4 Å². The molecule has 7 heteroatoms. The minimum Gasteiger partial charge on any atom is -0.377 e. The summed E-state index contributed by atoms with van der Waals surface area (Å²) in [4.78, 5) is 16.6. The molecule has 0 aliphatic carbocycles. The van der Waals surface area contributed by atoms with Gasteiger partial charge in [-0.2, -0.15) is 0 Å². The first-order chi connectivity index (χ1) is 8.09. The van der Waals surface area contributed by atoms with E-state index in [1.54, 1.807) is 0 Å². The van der Waals surface area contributed by atoms with Crippen LogP contribution in [-0.2, 0) is 9.53 Å². The molecule has 2 heterocycles. The fourth-order valence-corrected chi connectivity index (χ4v) is 1.86. The number of rotatable bonds is 2. The normalized spacial score (nSPS) is 20.4. The largest absolute Gasteiger partial charge is 0.377 e. The minimum atomic E-state index is -0.702. The molecule has 1 unspecified atom stereocenters. The highest BCUT2D eigenvalue weighted by Gasteiger charge is 2.30. The number of primary amides is 1. The van der Waals surface area contributed by atoms with E-state index in [9.17, 15) is 9.18 Å². The van der Waals surface area contributed by atoms with Crippen LogP contribution in [0.4, 0.5) is 10.2 Å². The standard InChI is InChI=1S/C10H11ClFN3O2/c11-6-3-7(12)10(14-4-6)15-1-2-17-5-8(15)9(13)16/h3-4,8H,1-2,5H2,(H2,13,16). The number of hydrogen-bond acceptors (Lipinski definition) is 4. The van der Waals surface area contributed by atoms with Gasteiger partial charge < -0.3 is 15.4 Å². The lowest BCUT2D eigenvalue weighted by molar-refractivity contribution is -0.121. The van der Waals surface area contributed by atoms with Crippen molar-refractivity contribution in [2.75, 3.05) is 24.7 Å². The average Bonchev–Trinajstić information content (AvgIpc) is 2.29. The van der Waals surface area contributed by atoms with Crippen molar-refractivity contribution < 1.29 is 13.9 Å². The second-order valence-corrected chi connectivity index (χ2v) is 4.08. The topological polar surface area (TPSA) is 68.5 Å². The van der Waals surface area contributed by atoms with Gasteiger partial charge in [-0.15, -0.1) is 0 Å². The monoisotopic (exact) mass is 259 g/mol. The number of amides is 1. The van der Waals surface area contributed by atoms with Crippen molar-refractivity contribution in [1.82, 2.24) is 4.98 Å². The van der Waals surface area contributed by atoms with Gasteiger partial charge in [-0.3, -0.25) is 4.79 Å². The minimum absolute atomic E-state index is 0.0708. The molecule has 1 saturated heterocycles. The van der Waals surface area contributed by atoms with Crippen LogP contribution < -0.4 is 10.6 Å². The van der Waals surface area contributed by atoms with Crippen molar-refractivity contribution >= 4 is 23.3 Å². The number of carbonyl (C=O) groups excluding carboxylic acids is 1. The summed E-state index contributed by atoms with van der Waals surface area (Å²) in [5.74, 6) is -1.08. The van der Waals surface area contributed by atoms with E-state index in [4.69, 9.17) is 22.1 Å². The molecular weight excluding hydrogens is 249 g/mol. The number of nitrogens with zero attached hydrogens (tertiary/aromatic N) is 2. The Bertz CT molecular complexity index is 444. The van der Waals surface area contributed by atoms with Gasteiger partial charge in [0.25, 0.3) is 0 Å². The summed E-state index contributed by atoms with van der Waals surface area (Å²) in [5, 5.41) is 0.204. The molecule has 1 amide bonds. The first kappa shape index (κ1) is 12.1. The highest BCUT2D eigenvalue weighted by atomic mass is 35.5. The van der Waals surface area contributed by atoms with Gasteiger partial charge in [-0.05, 0) is 6.07 Å². The van der Waals surface area contributed by atoms with Crippen LogP contribution in [0.2, 0.25) is 5.02 Å². The average molecular weight is 260 g/mol. The Morgan fingerprint density at radius 2 is 2.47 bits per heavy atom. The van der Waals surface area contributed by atoms with E-state index in [2.05, 4.69) is 4.98 Å². The predicted octanol–water partition coefficient (Wildman–Crippen LogP) is 0.565. The molecule has 1 fully saturated rings. The Kier molecular flexibility index (Phi) is 3.44. The first-order valence-corrected chi connectivity index (χ1v) is 5.42. The molecular formula is C10H11ClFN3O2. The molecule has 0 spiro atoms.